The van der Waals surface area contributed by atoms with Gasteiger partial charge in [0.15, 0.2) is 21.1 Å². The molecule has 0 unspecified atom stereocenters. The van der Waals surface area contributed by atoms with Gasteiger partial charge in [0.1, 0.15) is 5.82 Å². The van der Waals surface area contributed by atoms with Crippen molar-refractivity contribution in [1.82, 2.24) is 0 Å². The Morgan fingerprint density at radius 3 is 2.30 bits per heavy atom. The van der Waals surface area contributed by atoms with Crippen molar-refractivity contribution >= 4 is 27.1 Å². The third-order valence-electron chi connectivity index (χ3n) is 3.81. The second-order valence-corrected chi connectivity index (χ2v) is 8.27. The molecular formula is C19H18F4N2O4S. The number of rotatable bonds is 5. The average Bonchev–Trinajstić information content (AvgIpc) is 2.68. The number of alkyl halides is 3. The molecule has 0 fully saturated rings. The minimum atomic E-state index is -4.85. The average molecular weight is 448 g/mol. The van der Waals surface area contributed by atoms with Crippen molar-refractivity contribution < 1.29 is 37.3 Å². The van der Waals surface area contributed by atoms with Crippen LogP contribution in [0.2, 0.25) is 0 Å². The molecular weight excluding hydrogens is 428 g/mol. The summed E-state index contributed by atoms with van der Waals surface area (Å²) in [6.45, 7) is 7.65. The van der Waals surface area contributed by atoms with E-state index in [0.29, 0.717) is 6.07 Å². The Morgan fingerprint density at radius 1 is 1.23 bits per heavy atom. The number of hydrogen-bond acceptors (Lipinski definition) is 4. The van der Waals surface area contributed by atoms with Crippen LogP contribution in [0.1, 0.15) is 21.3 Å². The number of sulfone groups is 1. The number of aliphatic hydroxyl groups is 1. The van der Waals surface area contributed by atoms with Crippen molar-refractivity contribution in [3.8, 4) is 0 Å². The van der Waals surface area contributed by atoms with Gasteiger partial charge in [0.25, 0.3) is 5.91 Å². The molecule has 0 saturated carbocycles. The van der Waals surface area contributed by atoms with E-state index in [2.05, 4.69) is 4.85 Å². The van der Waals surface area contributed by atoms with E-state index in [9.17, 15) is 35.9 Å². The van der Waals surface area contributed by atoms with Crippen LogP contribution in [0.4, 0.5) is 28.9 Å². The van der Waals surface area contributed by atoms with Gasteiger partial charge in [-0.3, -0.25) is 4.79 Å². The van der Waals surface area contributed by atoms with E-state index in [1.165, 1.54) is 7.40 Å². The summed E-state index contributed by atoms with van der Waals surface area (Å²) in [5.41, 5.74) is -4.86. The minimum absolute atomic E-state index is 0.340. The molecule has 0 aliphatic rings. The lowest BCUT2D eigenvalue weighted by Crippen LogP contribution is -2.45. The van der Waals surface area contributed by atoms with E-state index < -0.39 is 50.3 Å². The number of carbonyl (C=O) groups excluding carboxylic acids is 1. The predicted molar refractivity (Wildman–Crippen MR) is 102 cm³/mol. The van der Waals surface area contributed by atoms with Gasteiger partial charge in [-0.2, -0.15) is 13.2 Å². The molecule has 2 aromatic carbocycles. The number of halogens is 4. The maximum atomic E-state index is 13.0. The fourth-order valence-electron chi connectivity index (χ4n) is 2.36. The highest BCUT2D eigenvalue weighted by Gasteiger charge is 2.38. The number of nitrogens with zero attached hydrogens (tertiary/aromatic N) is 1. The van der Waals surface area contributed by atoms with E-state index >= 15 is 0 Å². The standard InChI is InChI=1S/C18H14F4N2O4S.CH4/c1-17(26,10-29(27,28)13-6-3-11(19)4-7-13)16(25)24-12-5-8-15(23-2)14(9-12)18(20,21)22;/h3-9,26H,10H2,1H3,(H,24,25);1H4/t17-;/m0./s1/i;1T. The molecule has 2 rings (SSSR count). The Bertz CT molecular complexity index is 1080. The Kier molecular flexibility index (Phi) is 6.84. The summed E-state index contributed by atoms with van der Waals surface area (Å²) in [6.07, 6.45) is -4.85. The molecule has 0 heterocycles. The first-order chi connectivity index (χ1) is 14.3. The van der Waals surface area contributed by atoms with Crippen molar-refractivity contribution in [3.63, 3.8) is 0 Å². The van der Waals surface area contributed by atoms with Crippen LogP contribution >= 0.6 is 0 Å². The second kappa shape index (κ2) is 8.81. The van der Waals surface area contributed by atoms with Crippen LogP contribution in [0.5, 0.6) is 0 Å². The largest absolute Gasteiger partial charge is 0.407 e. The zero-order valence-corrected chi connectivity index (χ0v) is 16.6. The molecule has 162 valence electrons. The van der Waals surface area contributed by atoms with Crippen molar-refractivity contribution in [2.75, 3.05) is 11.1 Å². The van der Waals surface area contributed by atoms with E-state index in [0.717, 1.165) is 43.3 Å². The molecule has 11 heteroatoms. The lowest BCUT2D eigenvalue weighted by atomic mass is 10.1. The zero-order valence-electron chi connectivity index (χ0n) is 16.8. The number of nitrogens with one attached hydrogen (secondary N) is 1. The van der Waals surface area contributed by atoms with Gasteiger partial charge >= 0.3 is 6.18 Å². The number of anilines is 1. The molecule has 0 bridgehead atoms. The Balaban J connectivity index is 0.00000233. The second-order valence-electron chi connectivity index (χ2n) is 6.28. The highest BCUT2D eigenvalue weighted by molar-refractivity contribution is 7.91. The molecule has 1 amide bonds. The van der Waals surface area contributed by atoms with Crippen LogP contribution in [0.25, 0.3) is 4.85 Å². The van der Waals surface area contributed by atoms with Crippen LogP contribution in [0.15, 0.2) is 47.4 Å². The third kappa shape index (κ3) is 5.77. The van der Waals surface area contributed by atoms with Gasteiger partial charge in [0.05, 0.1) is 22.8 Å². The van der Waals surface area contributed by atoms with Crippen LogP contribution in [-0.2, 0) is 20.8 Å². The number of amides is 1. The maximum Gasteiger partial charge on any atom is 0.407 e. The van der Waals surface area contributed by atoms with Gasteiger partial charge in [-0.05, 0) is 43.3 Å². The summed E-state index contributed by atoms with van der Waals surface area (Å²) >= 11 is 0. The summed E-state index contributed by atoms with van der Waals surface area (Å²) in [5.74, 6) is -3.05. The lowest BCUT2D eigenvalue weighted by Gasteiger charge is -2.22. The van der Waals surface area contributed by atoms with Crippen LogP contribution < -0.4 is 5.32 Å². The fourth-order valence-corrected chi connectivity index (χ4v) is 3.95. The molecule has 1 atom stereocenters. The van der Waals surface area contributed by atoms with E-state index in [1.807, 2.05) is 5.32 Å². The quantitative estimate of drug-likeness (QED) is 0.408. The van der Waals surface area contributed by atoms with E-state index in [4.69, 9.17) is 7.94 Å². The molecule has 0 aliphatic carbocycles. The highest BCUT2D eigenvalue weighted by atomic mass is 32.2. The van der Waals surface area contributed by atoms with Crippen LogP contribution in [-0.4, -0.2) is 30.8 Å². The highest BCUT2D eigenvalue weighted by Crippen LogP contribution is 2.38. The predicted octanol–water partition coefficient (Wildman–Crippen LogP) is 4.19. The first-order valence-corrected chi connectivity index (χ1v) is 9.52. The summed E-state index contributed by atoms with van der Waals surface area (Å²) in [4.78, 5) is 14.7. The topological polar surface area (TPSA) is 87.8 Å². The molecule has 0 saturated heterocycles. The zero-order chi connectivity index (χ0) is 24.0. The van der Waals surface area contributed by atoms with Crippen molar-refractivity contribution in [1.29, 1.82) is 0 Å². The van der Waals surface area contributed by atoms with Crippen molar-refractivity contribution in [2.45, 2.75) is 31.0 Å². The van der Waals surface area contributed by atoms with Crippen molar-refractivity contribution in [3.05, 3.63) is 65.3 Å². The minimum Gasteiger partial charge on any atom is -0.379 e. The SMILES string of the molecule is [3H]C.[C-]#[N+]c1ccc(NC(=O)[C@@](C)(O)CS(=O)(=O)c2ccc(F)cc2)cc1C(F)(F)F. The Labute approximate surface area is 172 Å². The fraction of sp³-hybridized carbons (Fsp3) is 0.263. The summed E-state index contributed by atoms with van der Waals surface area (Å²) in [6, 6.07) is 6.06. The van der Waals surface area contributed by atoms with Gasteiger partial charge in [-0.15, -0.1) is 0 Å². The Hall–Kier alpha value is -2.97. The summed E-state index contributed by atoms with van der Waals surface area (Å²) < 4.78 is 82.4. The van der Waals surface area contributed by atoms with Gasteiger partial charge in [-0.1, -0.05) is 13.5 Å². The lowest BCUT2D eigenvalue weighted by molar-refractivity contribution is -0.137. The molecule has 0 spiro atoms. The van der Waals surface area contributed by atoms with Gasteiger partial charge in [0, 0.05) is 7.06 Å². The van der Waals surface area contributed by atoms with Crippen LogP contribution in [0, 0.1) is 12.4 Å². The molecule has 0 aromatic heterocycles. The summed E-state index contributed by atoms with van der Waals surface area (Å²) in [5, 5.41) is 12.3. The maximum absolute atomic E-state index is 13.0. The Morgan fingerprint density at radius 2 is 1.80 bits per heavy atom. The molecule has 2 aromatic rings. The number of carbonyl (C=O) groups is 1. The van der Waals surface area contributed by atoms with E-state index in [1.54, 1.807) is 0 Å². The van der Waals surface area contributed by atoms with E-state index in [-0.39, 0.29) is 10.6 Å². The molecule has 2 N–H and O–H groups in total. The monoisotopic (exact) mass is 448 g/mol. The van der Waals surface area contributed by atoms with Crippen molar-refractivity contribution in [2.24, 2.45) is 0 Å². The van der Waals surface area contributed by atoms with Gasteiger partial charge in [0.2, 0.25) is 0 Å². The molecule has 0 radical (unpaired) electrons. The third-order valence-corrected chi connectivity index (χ3v) is 5.75. The molecule has 6 nitrogen and oxygen atoms in total. The normalized spacial score (nSPS) is 13.7. The smallest absolute Gasteiger partial charge is 0.379 e. The van der Waals surface area contributed by atoms with Gasteiger partial charge < -0.3 is 10.4 Å². The summed E-state index contributed by atoms with van der Waals surface area (Å²) in [7, 11) is -2.96. The van der Waals surface area contributed by atoms with Crippen LogP contribution in [0.3, 0.4) is 0 Å². The first kappa shape index (κ1) is 23.3. The molecule has 30 heavy (non-hydrogen) atoms. The number of benzene rings is 2. The van der Waals surface area contributed by atoms with Gasteiger partial charge in [-0.25, -0.2) is 17.7 Å². The molecule has 0 aliphatic heterocycles. The first-order valence-electron chi connectivity index (χ1n) is 8.87. The number of hydrogen-bond donors (Lipinski definition) is 2.